The second-order valence-corrected chi connectivity index (χ2v) is 5.09. The number of hydrogen-bond acceptors (Lipinski definition) is 5. The van der Waals surface area contributed by atoms with Gasteiger partial charge in [0.1, 0.15) is 11.1 Å². The van der Waals surface area contributed by atoms with Gasteiger partial charge in [-0.1, -0.05) is 6.07 Å². The molecule has 0 N–H and O–H groups in total. The first kappa shape index (κ1) is 13.2. The molecule has 0 fully saturated rings. The van der Waals surface area contributed by atoms with Gasteiger partial charge in [-0.15, -0.1) is 11.3 Å². The van der Waals surface area contributed by atoms with Crippen molar-refractivity contribution in [2.24, 2.45) is 0 Å². The topological polar surface area (TPSA) is 62.5 Å². The summed E-state index contributed by atoms with van der Waals surface area (Å²) in [5.41, 5.74) is 3.26. The summed E-state index contributed by atoms with van der Waals surface area (Å²) < 4.78 is 0. The average molecular weight is 290 g/mol. The minimum absolute atomic E-state index is 0.535. The van der Waals surface area contributed by atoms with Crippen LogP contribution in [0.5, 0.6) is 0 Å². The third-order valence-electron chi connectivity index (χ3n) is 2.83. The van der Waals surface area contributed by atoms with Crippen molar-refractivity contribution in [2.45, 2.75) is 0 Å². The van der Waals surface area contributed by atoms with Crippen LogP contribution in [0, 0.1) is 11.3 Å². The summed E-state index contributed by atoms with van der Waals surface area (Å²) in [6.07, 6.45) is 8.67. The van der Waals surface area contributed by atoms with Gasteiger partial charge >= 0.3 is 0 Å². The summed E-state index contributed by atoms with van der Waals surface area (Å²) >= 11 is 1.45. The molecule has 0 aliphatic heterocycles. The zero-order valence-corrected chi connectivity index (χ0v) is 11.8. The van der Waals surface area contributed by atoms with Gasteiger partial charge in [0.15, 0.2) is 0 Å². The molecule has 0 spiro atoms. The molecule has 0 aliphatic carbocycles. The molecule has 0 aromatic carbocycles. The van der Waals surface area contributed by atoms with E-state index in [1.54, 1.807) is 30.9 Å². The maximum atomic E-state index is 9.34. The van der Waals surface area contributed by atoms with E-state index in [2.05, 4.69) is 21.0 Å². The van der Waals surface area contributed by atoms with E-state index >= 15 is 0 Å². The highest BCUT2D eigenvalue weighted by Crippen LogP contribution is 2.26. The Morgan fingerprint density at radius 2 is 2.00 bits per heavy atom. The molecule has 0 bridgehead atoms. The molecular weight excluding hydrogens is 280 g/mol. The molecule has 5 heteroatoms. The van der Waals surface area contributed by atoms with Crippen LogP contribution in [-0.4, -0.2) is 15.0 Å². The van der Waals surface area contributed by atoms with Crippen LogP contribution in [0.25, 0.3) is 22.9 Å². The summed E-state index contributed by atoms with van der Waals surface area (Å²) in [6.45, 7) is 0. The fourth-order valence-electron chi connectivity index (χ4n) is 1.82. The van der Waals surface area contributed by atoms with Gasteiger partial charge in [-0.25, -0.2) is 4.98 Å². The quantitative estimate of drug-likeness (QED) is 0.690. The number of allylic oxidation sites excluding steroid dienone is 1. The van der Waals surface area contributed by atoms with Crippen LogP contribution in [0.1, 0.15) is 10.6 Å². The van der Waals surface area contributed by atoms with E-state index in [-0.39, 0.29) is 0 Å². The zero-order valence-electron chi connectivity index (χ0n) is 11.0. The predicted octanol–water partition coefficient (Wildman–Crippen LogP) is 3.66. The summed E-state index contributed by atoms with van der Waals surface area (Å²) in [7, 11) is 0. The lowest BCUT2D eigenvalue weighted by atomic mass is 10.2. The van der Waals surface area contributed by atoms with E-state index in [1.807, 2.05) is 29.6 Å². The van der Waals surface area contributed by atoms with Crippen LogP contribution in [0.2, 0.25) is 0 Å². The molecule has 0 unspecified atom stereocenters. The smallest absolute Gasteiger partial charge is 0.134 e. The van der Waals surface area contributed by atoms with Crippen molar-refractivity contribution in [1.82, 2.24) is 15.0 Å². The highest BCUT2D eigenvalue weighted by molar-refractivity contribution is 7.11. The van der Waals surface area contributed by atoms with Gasteiger partial charge < -0.3 is 0 Å². The van der Waals surface area contributed by atoms with Gasteiger partial charge in [-0.05, 0) is 29.8 Å². The summed E-state index contributed by atoms with van der Waals surface area (Å²) in [6, 6.07) is 9.74. The third kappa shape index (κ3) is 3.02. The Morgan fingerprint density at radius 3 is 2.71 bits per heavy atom. The maximum absolute atomic E-state index is 9.34. The standard InChI is InChI=1S/C16H10N4S/c17-9-14(8-12-2-1-5-19-10-12)16-20-15(11-21-16)13-3-6-18-7-4-13/h1-8,10-11H. The van der Waals surface area contributed by atoms with Crippen molar-refractivity contribution in [3.63, 3.8) is 0 Å². The number of aromatic nitrogens is 3. The van der Waals surface area contributed by atoms with Gasteiger partial charge in [0, 0.05) is 35.7 Å². The van der Waals surface area contributed by atoms with Gasteiger partial charge in [0.05, 0.1) is 11.3 Å². The number of pyridine rings is 2. The van der Waals surface area contributed by atoms with Crippen LogP contribution in [0.15, 0.2) is 54.4 Å². The second kappa shape index (κ2) is 6.07. The number of rotatable bonds is 3. The van der Waals surface area contributed by atoms with E-state index in [1.165, 1.54) is 11.3 Å². The summed E-state index contributed by atoms with van der Waals surface area (Å²) in [5.74, 6) is 0. The molecule has 3 heterocycles. The lowest BCUT2D eigenvalue weighted by Crippen LogP contribution is -1.83. The number of nitriles is 1. The van der Waals surface area contributed by atoms with E-state index in [0.29, 0.717) is 10.6 Å². The molecule has 0 saturated carbocycles. The maximum Gasteiger partial charge on any atom is 0.134 e. The van der Waals surface area contributed by atoms with Crippen molar-refractivity contribution < 1.29 is 0 Å². The Balaban J connectivity index is 1.95. The summed E-state index contributed by atoms with van der Waals surface area (Å²) in [5, 5.41) is 12.0. The van der Waals surface area contributed by atoms with E-state index in [9.17, 15) is 5.26 Å². The fourth-order valence-corrected chi connectivity index (χ4v) is 2.62. The molecule has 21 heavy (non-hydrogen) atoms. The second-order valence-electron chi connectivity index (χ2n) is 4.23. The van der Waals surface area contributed by atoms with Crippen molar-refractivity contribution in [1.29, 1.82) is 5.26 Å². The molecule has 4 nitrogen and oxygen atoms in total. The summed E-state index contributed by atoms with van der Waals surface area (Å²) in [4.78, 5) is 12.6. The predicted molar refractivity (Wildman–Crippen MR) is 83.1 cm³/mol. The van der Waals surface area contributed by atoms with Crippen molar-refractivity contribution in [3.8, 4) is 17.3 Å². The normalized spacial score (nSPS) is 11.1. The molecule has 0 radical (unpaired) electrons. The third-order valence-corrected chi connectivity index (χ3v) is 3.70. The first-order valence-corrected chi connectivity index (χ1v) is 7.13. The van der Waals surface area contributed by atoms with Gasteiger partial charge in [0.2, 0.25) is 0 Å². The highest BCUT2D eigenvalue weighted by Gasteiger charge is 2.08. The molecule has 0 aliphatic rings. The van der Waals surface area contributed by atoms with E-state index < -0.39 is 0 Å². The van der Waals surface area contributed by atoms with Crippen molar-refractivity contribution >= 4 is 23.0 Å². The number of hydrogen-bond donors (Lipinski definition) is 0. The van der Waals surface area contributed by atoms with Crippen LogP contribution in [0.3, 0.4) is 0 Å². The van der Waals surface area contributed by atoms with Crippen LogP contribution in [-0.2, 0) is 0 Å². The Bertz CT molecular complexity index is 801. The van der Waals surface area contributed by atoms with Crippen molar-refractivity contribution in [2.75, 3.05) is 0 Å². The Labute approximate surface area is 126 Å². The van der Waals surface area contributed by atoms with Crippen LogP contribution < -0.4 is 0 Å². The Hall–Kier alpha value is -2.84. The SMILES string of the molecule is N#CC(=Cc1cccnc1)c1nc(-c2ccncc2)cs1. The molecule has 0 atom stereocenters. The first-order chi connectivity index (χ1) is 10.4. The Kier molecular flexibility index (Phi) is 3.81. The minimum Gasteiger partial charge on any atom is -0.265 e. The Morgan fingerprint density at radius 1 is 1.14 bits per heavy atom. The van der Waals surface area contributed by atoms with E-state index in [4.69, 9.17) is 0 Å². The largest absolute Gasteiger partial charge is 0.265 e. The monoisotopic (exact) mass is 290 g/mol. The molecule has 0 saturated heterocycles. The van der Waals surface area contributed by atoms with Crippen LogP contribution >= 0.6 is 11.3 Å². The highest BCUT2D eigenvalue weighted by atomic mass is 32.1. The van der Waals surface area contributed by atoms with Gasteiger partial charge in [0.25, 0.3) is 0 Å². The lowest BCUT2D eigenvalue weighted by Gasteiger charge is -1.95. The molecule has 3 aromatic rings. The van der Waals surface area contributed by atoms with Gasteiger partial charge in [-0.2, -0.15) is 5.26 Å². The molecule has 100 valence electrons. The van der Waals surface area contributed by atoms with Gasteiger partial charge in [-0.3, -0.25) is 9.97 Å². The number of thiazole rings is 1. The molecule has 3 rings (SSSR count). The molecular formula is C16H10N4S. The lowest BCUT2D eigenvalue weighted by molar-refractivity contribution is 1.30. The first-order valence-electron chi connectivity index (χ1n) is 6.25. The average Bonchev–Trinajstić information content (AvgIpc) is 3.04. The molecule has 0 amide bonds. The van der Waals surface area contributed by atoms with Crippen LogP contribution in [0.4, 0.5) is 0 Å². The number of nitrogens with zero attached hydrogens (tertiary/aromatic N) is 4. The minimum atomic E-state index is 0.535. The zero-order chi connectivity index (χ0) is 14.5. The van der Waals surface area contributed by atoms with Crippen molar-refractivity contribution in [3.05, 3.63) is 65.0 Å². The molecule has 3 aromatic heterocycles. The fraction of sp³-hybridized carbons (Fsp3) is 0. The van der Waals surface area contributed by atoms with E-state index in [0.717, 1.165) is 16.8 Å².